The van der Waals surface area contributed by atoms with Crippen molar-refractivity contribution in [1.29, 1.82) is 0 Å². The lowest BCUT2D eigenvalue weighted by Gasteiger charge is -2.19. The minimum atomic E-state index is -3.71. The van der Waals surface area contributed by atoms with Crippen LogP contribution in [-0.2, 0) is 16.4 Å². The molecule has 0 unspecified atom stereocenters. The predicted octanol–water partition coefficient (Wildman–Crippen LogP) is 1.97. The third-order valence-electron chi connectivity index (χ3n) is 3.19. The Labute approximate surface area is 122 Å². The highest BCUT2D eigenvalue weighted by Gasteiger charge is 2.24. The van der Waals surface area contributed by atoms with E-state index >= 15 is 0 Å². The number of sulfone groups is 1. The molecule has 0 amide bonds. The molecule has 0 saturated carbocycles. The molecule has 0 radical (unpaired) electrons. The summed E-state index contributed by atoms with van der Waals surface area (Å²) in [5.41, 5.74) is 7.03. The second-order valence-electron chi connectivity index (χ2n) is 4.68. The third-order valence-corrected chi connectivity index (χ3v) is 4.98. The molecule has 7 heteroatoms. The average Bonchev–Trinajstić information content (AvgIpc) is 2.46. The molecule has 108 valence electrons. The molecule has 0 spiro atoms. The average molecular weight is 303 g/mol. The first-order valence-corrected chi connectivity index (χ1v) is 7.69. The van der Waals surface area contributed by atoms with Crippen molar-refractivity contribution < 1.29 is 13.6 Å². The SMILES string of the molecule is Nc1cccc(S(=O)(=O)c2cccc3c2N=CN(O)C3)c1. The smallest absolute Gasteiger partial charge is 0.208 e. The fourth-order valence-electron chi connectivity index (χ4n) is 2.21. The number of hydroxylamine groups is 2. The maximum Gasteiger partial charge on any atom is 0.208 e. The molecule has 0 saturated heterocycles. The van der Waals surface area contributed by atoms with Crippen LogP contribution in [0.2, 0.25) is 0 Å². The van der Waals surface area contributed by atoms with E-state index in [1.54, 1.807) is 24.3 Å². The summed E-state index contributed by atoms with van der Waals surface area (Å²) in [6.45, 7) is 0.194. The monoisotopic (exact) mass is 303 g/mol. The van der Waals surface area contributed by atoms with Gasteiger partial charge in [0.05, 0.1) is 22.0 Å². The zero-order valence-corrected chi connectivity index (χ0v) is 11.8. The summed E-state index contributed by atoms with van der Waals surface area (Å²) in [6.07, 6.45) is 1.20. The van der Waals surface area contributed by atoms with Crippen molar-refractivity contribution in [3.63, 3.8) is 0 Å². The van der Waals surface area contributed by atoms with Gasteiger partial charge in [-0.1, -0.05) is 18.2 Å². The molecule has 0 atom stereocenters. The Morgan fingerprint density at radius 1 is 1.19 bits per heavy atom. The first-order valence-electron chi connectivity index (χ1n) is 6.21. The van der Waals surface area contributed by atoms with E-state index in [1.165, 1.54) is 24.5 Å². The highest BCUT2D eigenvalue weighted by molar-refractivity contribution is 7.91. The van der Waals surface area contributed by atoms with Gasteiger partial charge in [-0.25, -0.2) is 18.5 Å². The lowest BCUT2D eigenvalue weighted by molar-refractivity contribution is -0.0179. The lowest BCUT2D eigenvalue weighted by Crippen LogP contribution is -2.20. The number of fused-ring (bicyclic) bond motifs is 1. The molecule has 0 bridgehead atoms. The van der Waals surface area contributed by atoms with Gasteiger partial charge in [-0.2, -0.15) is 0 Å². The topological polar surface area (TPSA) is 96.0 Å². The maximum absolute atomic E-state index is 12.7. The summed E-state index contributed by atoms with van der Waals surface area (Å²) < 4.78 is 25.5. The van der Waals surface area contributed by atoms with E-state index in [4.69, 9.17) is 5.73 Å². The van der Waals surface area contributed by atoms with Crippen LogP contribution in [-0.4, -0.2) is 25.0 Å². The molecule has 0 aliphatic carbocycles. The van der Waals surface area contributed by atoms with Crippen LogP contribution in [0.5, 0.6) is 0 Å². The van der Waals surface area contributed by atoms with Crippen molar-refractivity contribution in [2.75, 3.05) is 5.73 Å². The Morgan fingerprint density at radius 3 is 2.71 bits per heavy atom. The lowest BCUT2D eigenvalue weighted by atomic mass is 10.1. The van der Waals surface area contributed by atoms with Gasteiger partial charge in [-0.15, -0.1) is 0 Å². The highest BCUT2D eigenvalue weighted by Crippen LogP contribution is 2.34. The largest absolute Gasteiger partial charge is 0.399 e. The Bertz CT molecular complexity index is 831. The summed E-state index contributed by atoms with van der Waals surface area (Å²) in [5, 5.41) is 10.3. The van der Waals surface area contributed by atoms with Crippen molar-refractivity contribution in [2.24, 2.45) is 4.99 Å². The predicted molar refractivity (Wildman–Crippen MR) is 78.2 cm³/mol. The summed E-state index contributed by atoms with van der Waals surface area (Å²) in [4.78, 5) is 4.26. The van der Waals surface area contributed by atoms with Gasteiger partial charge < -0.3 is 5.73 Å². The molecule has 2 aromatic carbocycles. The Kier molecular flexibility index (Phi) is 3.15. The molecule has 21 heavy (non-hydrogen) atoms. The van der Waals surface area contributed by atoms with Gasteiger partial charge >= 0.3 is 0 Å². The van der Waals surface area contributed by atoms with E-state index in [0.29, 0.717) is 16.9 Å². The van der Waals surface area contributed by atoms with Crippen molar-refractivity contribution >= 4 is 27.6 Å². The van der Waals surface area contributed by atoms with Crippen molar-refractivity contribution in [1.82, 2.24) is 5.06 Å². The number of aliphatic imine (C=N–C) groups is 1. The minimum absolute atomic E-state index is 0.106. The van der Waals surface area contributed by atoms with Crippen LogP contribution in [0.3, 0.4) is 0 Å². The molecular formula is C14H13N3O3S. The van der Waals surface area contributed by atoms with Crippen LogP contribution in [0.15, 0.2) is 57.2 Å². The molecule has 6 nitrogen and oxygen atoms in total. The first-order chi connectivity index (χ1) is 9.98. The van der Waals surface area contributed by atoms with E-state index < -0.39 is 9.84 Å². The van der Waals surface area contributed by atoms with Gasteiger partial charge in [0, 0.05) is 11.3 Å². The number of nitrogens with two attached hydrogens (primary N) is 1. The van der Waals surface area contributed by atoms with E-state index in [2.05, 4.69) is 4.99 Å². The van der Waals surface area contributed by atoms with Gasteiger partial charge in [0.15, 0.2) is 0 Å². The van der Waals surface area contributed by atoms with Crippen molar-refractivity contribution in [3.05, 3.63) is 48.0 Å². The van der Waals surface area contributed by atoms with E-state index in [0.717, 1.165) is 5.06 Å². The summed E-state index contributed by atoms with van der Waals surface area (Å²) >= 11 is 0. The van der Waals surface area contributed by atoms with Gasteiger partial charge in [-0.05, 0) is 24.3 Å². The summed E-state index contributed by atoms with van der Waals surface area (Å²) in [6, 6.07) is 11.0. The van der Waals surface area contributed by atoms with Crippen LogP contribution in [0.4, 0.5) is 11.4 Å². The quantitative estimate of drug-likeness (QED) is 0.827. The molecule has 3 N–H and O–H groups in total. The molecular weight excluding hydrogens is 290 g/mol. The Balaban J connectivity index is 2.19. The number of rotatable bonds is 2. The molecule has 1 heterocycles. The van der Waals surface area contributed by atoms with Crippen LogP contribution >= 0.6 is 0 Å². The van der Waals surface area contributed by atoms with E-state index in [9.17, 15) is 13.6 Å². The highest BCUT2D eigenvalue weighted by atomic mass is 32.2. The van der Waals surface area contributed by atoms with E-state index in [-0.39, 0.29) is 16.3 Å². The number of anilines is 1. The zero-order chi connectivity index (χ0) is 15.0. The Hall–Kier alpha value is -2.38. The molecule has 2 aromatic rings. The van der Waals surface area contributed by atoms with Crippen molar-refractivity contribution in [3.8, 4) is 0 Å². The van der Waals surface area contributed by atoms with Crippen LogP contribution in [0.25, 0.3) is 0 Å². The fraction of sp³-hybridized carbons (Fsp3) is 0.0714. The van der Waals surface area contributed by atoms with Crippen LogP contribution < -0.4 is 5.73 Å². The number of nitrogens with zero attached hydrogens (tertiary/aromatic N) is 2. The second-order valence-corrected chi connectivity index (χ2v) is 6.60. The summed E-state index contributed by atoms with van der Waals surface area (Å²) in [7, 11) is -3.71. The van der Waals surface area contributed by atoms with E-state index in [1.807, 2.05) is 0 Å². The normalized spacial score (nSPS) is 14.0. The Morgan fingerprint density at radius 2 is 1.95 bits per heavy atom. The molecule has 1 aliphatic heterocycles. The first kappa shape index (κ1) is 13.6. The third kappa shape index (κ3) is 2.37. The second kappa shape index (κ2) is 4.87. The maximum atomic E-state index is 12.7. The summed E-state index contributed by atoms with van der Waals surface area (Å²) in [5.74, 6) is 0. The number of nitrogen functional groups attached to an aromatic ring is 1. The number of hydrogen-bond donors (Lipinski definition) is 2. The van der Waals surface area contributed by atoms with Crippen LogP contribution in [0, 0.1) is 0 Å². The van der Waals surface area contributed by atoms with Gasteiger partial charge in [0.25, 0.3) is 0 Å². The number of hydrogen-bond acceptors (Lipinski definition) is 6. The fourth-order valence-corrected chi connectivity index (χ4v) is 3.71. The number of benzene rings is 2. The molecule has 0 fully saturated rings. The molecule has 1 aliphatic rings. The van der Waals surface area contributed by atoms with Crippen molar-refractivity contribution in [2.45, 2.75) is 16.3 Å². The standard InChI is InChI=1S/C14H13N3O3S/c15-11-4-2-5-12(7-11)21(19,20)13-6-1-3-10-8-17(18)9-16-14(10)13/h1-7,9,18H,8,15H2. The van der Waals surface area contributed by atoms with Gasteiger partial charge in [0.1, 0.15) is 6.34 Å². The van der Waals surface area contributed by atoms with Crippen LogP contribution in [0.1, 0.15) is 5.56 Å². The molecule has 0 aromatic heterocycles. The number of para-hydroxylation sites is 1. The zero-order valence-electron chi connectivity index (χ0n) is 11.0. The minimum Gasteiger partial charge on any atom is -0.399 e. The van der Waals surface area contributed by atoms with Gasteiger partial charge in [-0.3, -0.25) is 5.21 Å². The molecule has 3 rings (SSSR count). The van der Waals surface area contributed by atoms with Gasteiger partial charge in [0.2, 0.25) is 9.84 Å².